The van der Waals surface area contributed by atoms with Crippen molar-refractivity contribution in [1.82, 2.24) is 10.3 Å². The average molecular weight is 302 g/mol. The first-order chi connectivity index (χ1) is 10.3. The number of aromatic nitrogens is 1. The van der Waals surface area contributed by atoms with E-state index in [4.69, 9.17) is 9.72 Å². The van der Waals surface area contributed by atoms with Gasteiger partial charge in [-0.2, -0.15) is 0 Å². The third-order valence-corrected chi connectivity index (χ3v) is 4.72. The van der Waals surface area contributed by atoms with Crippen LogP contribution in [-0.2, 0) is 6.54 Å². The van der Waals surface area contributed by atoms with Gasteiger partial charge in [-0.15, -0.1) is 11.3 Å². The third-order valence-electron chi connectivity index (χ3n) is 3.60. The monoisotopic (exact) mass is 302 g/mol. The molecule has 1 saturated carbocycles. The lowest BCUT2D eigenvalue weighted by molar-refractivity contribution is 0.317. The van der Waals surface area contributed by atoms with Gasteiger partial charge in [0, 0.05) is 22.9 Å². The minimum Gasteiger partial charge on any atom is -0.494 e. The molecule has 1 aromatic heterocycles. The van der Waals surface area contributed by atoms with Crippen molar-refractivity contribution in [2.45, 2.75) is 38.6 Å². The molecule has 2 aromatic rings. The summed E-state index contributed by atoms with van der Waals surface area (Å²) in [5.41, 5.74) is 2.50. The van der Waals surface area contributed by atoms with Gasteiger partial charge < -0.3 is 10.1 Å². The molecule has 0 spiro atoms. The molecule has 0 unspecified atom stereocenters. The van der Waals surface area contributed by atoms with Crippen molar-refractivity contribution in [3.63, 3.8) is 0 Å². The van der Waals surface area contributed by atoms with Crippen LogP contribution in [0.1, 0.15) is 42.7 Å². The standard InChI is InChI=1S/C17H22N2OS/c1-3-10-20-14-8-6-13(7-9-14)17-19-16(12-4-5-12)15(21-17)11-18-2/h6-9,12,18H,3-5,10-11H2,1-2H3. The normalized spacial score (nSPS) is 14.4. The maximum absolute atomic E-state index is 5.63. The lowest BCUT2D eigenvalue weighted by Gasteiger charge is -2.04. The molecule has 3 nitrogen and oxygen atoms in total. The van der Waals surface area contributed by atoms with Gasteiger partial charge in [0.15, 0.2) is 0 Å². The maximum atomic E-state index is 5.63. The zero-order valence-electron chi connectivity index (χ0n) is 12.7. The summed E-state index contributed by atoms with van der Waals surface area (Å²) < 4.78 is 5.63. The molecule has 3 rings (SSSR count). The Bertz CT molecular complexity index is 587. The number of nitrogens with one attached hydrogen (secondary N) is 1. The fourth-order valence-electron chi connectivity index (χ4n) is 2.36. The van der Waals surface area contributed by atoms with E-state index in [0.717, 1.165) is 30.3 Å². The number of thiazole rings is 1. The van der Waals surface area contributed by atoms with E-state index in [2.05, 4.69) is 24.4 Å². The first kappa shape index (κ1) is 14.5. The van der Waals surface area contributed by atoms with Crippen molar-refractivity contribution >= 4 is 11.3 Å². The average Bonchev–Trinajstić information content (AvgIpc) is 3.27. The Morgan fingerprint density at radius 1 is 1.29 bits per heavy atom. The molecule has 0 radical (unpaired) electrons. The molecule has 1 N–H and O–H groups in total. The molecule has 1 aliphatic carbocycles. The lowest BCUT2D eigenvalue weighted by Crippen LogP contribution is -2.05. The van der Waals surface area contributed by atoms with E-state index < -0.39 is 0 Å². The Kier molecular flexibility index (Phi) is 4.56. The van der Waals surface area contributed by atoms with E-state index in [9.17, 15) is 0 Å². The van der Waals surface area contributed by atoms with Gasteiger partial charge in [0.25, 0.3) is 0 Å². The molecule has 1 aliphatic rings. The van der Waals surface area contributed by atoms with E-state index in [0.29, 0.717) is 5.92 Å². The van der Waals surface area contributed by atoms with Crippen LogP contribution < -0.4 is 10.1 Å². The van der Waals surface area contributed by atoms with Gasteiger partial charge >= 0.3 is 0 Å². The summed E-state index contributed by atoms with van der Waals surface area (Å²) >= 11 is 1.81. The predicted octanol–water partition coefficient (Wildman–Crippen LogP) is 4.20. The summed E-state index contributed by atoms with van der Waals surface area (Å²) in [5, 5.41) is 4.38. The summed E-state index contributed by atoms with van der Waals surface area (Å²) in [5.74, 6) is 1.64. The maximum Gasteiger partial charge on any atom is 0.123 e. The van der Waals surface area contributed by atoms with Gasteiger partial charge in [0.2, 0.25) is 0 Å². The van der Waals surface area contributed by atoms with Crippen LogP contribution in [0.15, 0.2) is 24.3 Å². The molecule has 1 aromatic carbocycles. The molecule has 1 heterocycles. The van der Waals surface area contributed by atoms with Crippen LogP contribution in [0.2, 0.25) is 0 Å². The number of ether oxygens (including phenoxy) is 1. The first-order valence-electron chi connectivity index (χ1n) is 7.69. The van der Waals surface area contributed by atoms with Crippen LogP contribution in [0, 0.1) is 0 Å². The topological polar surface area (TPSA) is 34.1 Å². The summed E-state index contributed by atoms with van der Waals surface area (Å²) in [6, 6.07) is 8.31. The van der Waals surface area contributed by atoms with Crippen LogP contribution in [0.4, 0.5) is 0 Å². The van der Waals surface area contributed by atoms with Gasteiger partial charge in [0.1, 0.15) is 10.8 Å². The highest BCUT2D eigenvalue weighted by molar-refractivity contribution is 7.15. The number of hydrogen-bond acceptors (Lipinski definition) is 4. The largest absolute Gasteiger partial charge is 0.494 e. The molecular weight excluding hydrogens is 280 g/mol. The van der Waals surface area contributed by atoms with Gasteiger partial charge in [-0.3, -0.25) is 0 Å². The Hall–Kier alpha value is -1.39. The van der Waals surface area contributed by atoms with Crippen molar-refractivity contribution in [2.24, 2.45) is 0 Å². The van der Waals surface area contributed by atoms with Crippen molar-refractivity contribution < 1.29 is 4.74 Å². The first-order valence-corrected chi connectivity index (χ1v) is 8.51. The number of hydrogen-bond donors (Lipinski definition) is 1. The van der Waals surface area contributed by atoms with E-state index in [1.165, 1.54) is 29.0 Å². The SMILES string of the molecule is CCCOc1ccc(-c2nc(C3CC3)c(CNC)s2)cc1. The third kappa shape index (κ3) is 3.44. The minimum atomic E-state index is 0.700. The fourth-order valence-corrected chi connectivity index (χ4v) is 3.53. The smallest absolute Gasteiger partial charge is 0.123 e. The summed E-state index contributed by atoms with van der Waals surface area (Å²) in [6.45, 7) is 3.81. The van der Waals surface area contributed by atoms with Crippen molar-refractivity contribution in [3.05, 3.63) is 34.8 Å². The Balaban J connectivity index is 1.80. The molecule has 112 valence electrons. The second-order valence-electron chi connectivity index (χ2n) is 5.50. The Labute approximate surface area is 130 Å². The Morgan fingerprint density at radius 3 is 2.67 bits per heavy atom. The molecule has 0 amide bonds. The number of nitrogens with zero attached hydrogens (tertiary/aromatic N) is 1. The quantitative estimate of drug-likeness (QED) is 0.832. The van der Waals surface area contributed by atoms with Crippen LogP contribution >= 0.6 is 11.3 Å². The highest BCUT2D eigenvalue weighted by Crippen LogP contribution is 2.44. The fraction of sp³-hybridized carbons (Fsp3) is 0.471. The summed E-state index contributed by atoms with van der Waals surface area (Å²) in [7, 11) is 2.00. The lowest BCUT2D eigenvalue weighted by atomic mass is 10.2. The van der Waals surface area contributed by atoms with Gasteiger partial charge in [0.05, 0.1) is 12.3 Å². The van der Waals surface area contributed by atoms with E-state index >= 15 is 0 Å². The minimum absolute atomic E-state index is 0.700. The van der Waals surface area contributed by atoms with E-state index in [1.54, 1.807) is 0 Å². The van der Waals surface area contributed by atoms with E-state index in [1.807, 2.05) is 30.5 Å². The zero-order chi connectivity index (χ0) is 14.7. The second-order valence-corrected chi connectivity index (χ2v) is 6.59. The molecular formula is C17H22N2OS. The number of benzene rings is 1. The van der Waals surface area contributed by atoms with Crippen molar-refractivity contribution in [1.29, 1.82) is 0 Å². The molecule has 1 fully saturated rings. The summed E-state index contributed by atoms with van der Waals surface area (Å²) in [4.78, 5) is 6.28. The zero-order valence-corrected chi connectivity index (χ0v) is 13.5. The van der Waals surface area contributed by atoms with Crippen LogP contribution in [-0.4, -0.2) is 18.6 Å². The molecule has 21 heavy (non-hydrogen) atoms. The van der Waals surface area contributed by atoms with Gasteiger partial charge in [-0.05, 0) is 50.6 Å². The highest BCUT2D eigenvalue weighted by atomic mass is 32.1. The van der Waals surface area contributed by atoms with Gasteiger partial charge in [-0.25, -0.2) is 4.98 Å². The predicted molar refractivity (Wildman–Crippen MR) is 88.1 cm³/mol. The molecule has 0 saturated heterocycles. The van der Waals surface area contributed by atoms with Crippen LogP contribution in [0.3, 0.4) is 0 Å². The van der Waals surface area contributed by atoms with E-state index in [-0.39, 0.29) is 0 Å². The molecule has 0 aliphatic heterocycles. The number of rotatable bonds is 7. The van der Waals surface area contributed by atoms with Crippen molar-refractivity contribution in [2.75, 3.05) is 13.7 Å². The molecule has 0 atom stereocenters. The molecule has 0 bridgehead atoms. The summed E-state index contributed by atoms with van der Waals surface area (Å²) in [6.07, 6.45) is 3.62. The van der Waals surface area contributed by atoms with Crippen LogP contribution in [0.5, 0.6) is 5.75 Å². The Morgan fingerprint density at radius 2 is 2.05 bits per heavy atom. The van der Waals surface area contributed by atoms with Gasteiger partial charge in [-0.1, -0.05) is 6.92 Å². The van der Waals surface area contributed by atoms with Crippen LogP contribution in [0.25, 0.3) is 10.6 Å². The molecule has 4 heteroatoms. The second kappa shape index (κ2) is 6.58. The van der Waals surface area contributed by atoms with Crippen molar-refractivity contribution in [3.8, 4) is 16.3 Å². The highest BCUT2D eigenvalue weighted by Gasteiger charge is 2.29.